The van der Waals surface area contributed by atoms with Gasteiger partial charge in [-0.25, -0.2) is 4.39 Å². The van der Waals surface area contributed by atoms with Crippen LogP contribution in [0.2, 0.25) is 0 Å². The topological polar surface area (TPSA) is 44.8 Å². The van der Waals surface area contributed by atoms with Gasteiger partial charge < -0.3 is 15.0 Å². The summed E-state index contributed by atoms with van der Waals surface area (Å²) in [7, 11) is 5.54. The highest BCUT2D eigenvalue weighted by molar-refractivity contribution is 5.75. The van der Waals surface area contributed by atoms with E-state index in [9.17, 15) is 9.18 Å². The number of amides is 1. The normalized spacial score (nSPS) is 16.0. The molecule has 2 rings (SSSR count). The molecule has 0 bridgehead atoms. The molecule has 0 saturated carbocycles. The monoisotopic (exact) mass is 365 g/mol. The molecule has 0 aliphatic carbocycles. The van der Waals surface area contributed by atoms with Gasteiger partial charge in [-0.05, 0) is 58.4 Å². The van der Waals surface area contributed by atoms with Gasteiger partial charge in [0.05, 0.1) is 7.11 Å². The fourth-order valence-corrected chi connectivity index (χ4v) is 3.30. The number of methoxy groups -OCH3 is 1. The third kappa shape index (κ3) is 6.92. The second-order valence-electron chi connectivity index (χ2n) is 7.37. The van der Waals surface area contributed by atoms with Crippen molar-refractivity contribution in [2.24, 2.45) is 5.92 Å². The molecule has 5 nitrogen and oxygen atoms in total. The summed E-state index contributed by atoms with van der Waals surface area (Å²) in [6.07, 6.45) is 3.69. The molecule has 0 atom stereocenters. The fraction of sp³-hybridized carbons (Fsp3) is 0.650. The first-order valence-electron chi connectivity index (χ1n) is 9.44. The van der Waals surface area contributed by atoms with E-state index in [2.05, 4.69) is 15.1 Å². The van der Waals surface area contributed by atoms with Crippen LogP contribution in [-0.4, -0.2) is 63.1 Å². The number of ether oxygens (including phenoxy) is 1. The number of hydrogen-bond acceptors (Lipinski definition) is 4. The van der Waals surface area contributed by atoms with Crippen molar-refractivity contribution in [1.29, 1.82) is 0 Å². The first-order valence-corrected chi connectivity index (χ1v) is 9.44. The van der Waals surface area contributed by atoms with Crippen molar-refractivity contribution in [3.05, 3.63) is 29.6 Å². The first-order chi connectivity index (χ1) is 12.5. The SMILES string of the molecule is COc1ccc(CN2CCC(CCC(=O)NCCN(C)C)CC2)c(F)c1. The Bertz CT molecular complexity index is 572. The molecular formula is C20H32FN3O2. The van der Waals surface area contributed by atoms with Crippen molar-refractivity contribution >= 4 is 5.91 Å². The molecule has 1 N–H and O–H groups in total. The molecule has 26 heavy (non-hydrogen) atoms. The van der Waals surface area contributed by atoms with Crippen LogP contribution in [0.25, 0.3) is 0 Å². The van der Waals surface area contributed by atoms with E-state index in [1.807, 2.05) is 14.1 Å². The van der Waals surface area contributed by atoms with Crippen molar-refractivity contribution in [1.82, 2.24) is 15.1 Å². The van der Waals surface area contributed by atoms with Crippen molar-refractivity contribution in [2.75, 3.05) is 47.4 Å². The lowest BCUT2D eigenvalue weighted by Crippen LogP contribution is -2.34. The lowest BCUT2D eigenvalue weighted by Gasteiger charge is -2.32. The second-order valence-corrected chi connectivity index (χ2v) is 7.37. The maximum atomic E-state index is 14.1. The van der Waals surface area contributed by atoms with Gasteiger partial charge in [-0.2, -0.15) is 0 Å². The maximum Gasteiger partial charge on any atom is 0.220 e. The Morgan fingerprint density at radius 2 is 2.08 bits per heavy atom. The zero-order valence-electron chi connectivity index (χ0n) is 16.3. The largest absolute Gasteiger partial charge is 0.497 e. The van der Waals surface area contributed by atoms with Crippen molar-refractivity contribution in [3.63, 3.8) is 0 Å². The number of carbonyl (C=O) groups is 1. The van der Waals surface area contributed by atoms with Crippen LogP contribution in [0.3, 0.4) is 0 Å². The molecule has 1 saturated heterocycles. The second kappa shape index (κ2) is 10.5. The summed E-state index contributed by atoms with van der Waals surface area (Å²) in [6.45, 7) is 4.12. The summed E-state index contributed by atoms with van der Waals surface area (Å²) >= 11 is 0. The number of nitrogens with zero attached hydrogens (tertiary/aromatic N) is 2. The van der Waals surface area contributed by atoms with E-state index < -0.39 is 0 Å². The molecule has 1 amide bonds. The van der Waals surface area contributed by atoms with E-state index in [0.29, 0.717) is 36.7 Å². The molecule has 146 valence electrons. The van der Waals surface area contributed by atoms with Gasteiger partial charge in [0, 0.05) is 37.7 Å². The Hall–Kier alpha value is -1.66. The molecule has 1 aromatic carbocycles. The third-order valence-electron chi connectivity index (χ3n) is 5.02. The van der Waals surface area contributed by atoms with Gasteiger partial charge in [0.2, 0.25) is 5.91 Å². The van der Waals surface area contributed by atoms with Crippen LogP contribution in [0.15, 0.2) is 18.2 Å². The third-order valence-corrected chi connectivity index (χ3v) is 5.02. The first kappa shape index (κ1) is 20.6. The number of rotatable bonds is 9. The van der Waals surface area contributed by atoms with Crippen LogP contribution in [0.4, 0.5) is 4.39 Å². The smallest absolute Gasteiger partial charge is 0.220 e. The molecule has 1 aliphatic rings. The Labute approximate surface area is 156 Å². The number of halogens is 1. The summed E-state index contributed by atoms with van der Waals surface area (Å²) in [5.41, 5.74) is 0.713. The van der Waals surface area contributed by atoms with Crippen LogP contribution in [-0.2, 0) is 11.3 Å². The van der Waals surface area contributed by atoms with E-state index >= 15 is 0 Å². The number of benzene rings is 1. The van der Waals surface area contributed by atoms with E-state index in [1.54, 1.807) is 19.2 Å². The summed E-state index contributed by atoms with van der Waals surface area (Å²) in [4.78, 5) is 16.2. The van der Waals surface area contributed by atoms with Gasteiger partial charge in [0.1, 0.15) is 11.6 Å². The number of nitrogens with one attached hydrogen (secondary N) is 1. The zero-order chi connectivity index (χ0) is 18.9. The highest BCUT2D eigenvalue weighted by Gasteiger charge is 2.20. The quantitative estimate of drug-likeness (QED) is 0.730. The minimum Gasteiger partial charge on any atom is -0.497 e. The number of carbonyl (C=O) groups excluding carboxylic acids is 1. The number of piperidine rings is 1. The average Bonchev–Trinajstić information content (AvgIpc) is 2.62. The van der Waals surface area contributed by atoms with Crippen molar-refractivity contribution < 1.29 is 13.9 Å². The maximum absolute atomic E-state index is 14.1. The highest BCUT2D eigenvalue weighted by Crippen LogP contribution is 2.24. The summed E-state index contributed by atoms with van der Waals surface area (Å²) < 4.78 is 19.1. The molecule has 1 aliphatic heterocycles. The summed E-state index contributed by atoms with van der Waals surface area (Å²) in [5.74, 6) is 1.08. The van der Waals surface area contributed by atoms with Gasteiger partial charge in [0.15, 0.2) is 0 Å². The molecule has 1 aromatic rings. The van der Waals surface area contributed by atoms with Gasteiger partial charge in [-0.3, -0.25) is 9.69 Å². The number of likely N-dealkylation sites (tertiary alicyclic amines) is 1. The molecule has 1 fully saturated rings. The minimum absolute atomic E-state index is 0.148. The van der Waals surface area contributed by atoms with Crippen LogP contribution in [0.1, 0.15) is 31.2 Å². The lowest BCUT2D eigenvalue weighted by molar-refractivity contribution is -0.121. The zero-order valence-corrected chi connectivity index (χ0v) is 16.3. The molecule has 1 heterocycles. The lowest BCUT2D eigenvalue weighted by atomic mass is 9.92. The van der Waals surface area contributed by atoms with Gasteiger partial charge in [-0.15, -0.1) is 0 Å². The van der Waals surface area contributed by atoms with Crippen LogP contribution in [0.5, 0.6) is 5.75 Å². The van der Waals surface area contributed by atoms with Crippen molar-refractivity contribution in [3.8, 4) is 5.75 Å². The van der Waals surface area contributed by atoms with Crippen LogP contribution < -0.4 is 10.1 Å². The highest BCUT2D eigenvalue weighted by atomic mass is 19.1. The van der Waals surface area contributed by atoms with Crippen LogP contribution >= 0.6 is 0 Å². The van der Waals surface area contributed by atoms with Crippen molar-refractivity contribution in [2.45, 2.75) is 32.2 Å². The van der Waals surface area contributed by atoms with Gasteiger partial charge in [-0.1, -0.05) is 6.07 Å². The minimum atomic E-state index is -0.208. The average molecular weight is 365 g/mol. The molecule has 6 heteroatoms. The number of likely N-dealkylation sites (N-methyl/N-ethyl adjacent to an activating group) is 1. The molecule has 0 radical (unpaired) electrons. The van der Waals surface area contributed by atoms with E-state index in [1.165, 1.54) is 6.07 Å². The van der Waals surface area contributed by atoms with Gasteiger partial charge in [0.25, 0.3) is 0 Å². The predicted octanol–water partition coefficient (Wildman–Crippen LogP) is 2.50. The summed E-state index contributed by atoms with van der Waals surface area (Å²) in [5, 5.41) is 2.97. The Morgan fingerprint density at radius 1 is 1.35 bits per heavy atom. The predicted molar refractivity (Wildman–Crippen MR) is 102 cm³/mol. The Morgan fingerprint density at radius 3 is 2.69 bits per heavy atom. The van der Waals surface area contributed by atoms with Crippen LogP contribution in [0, 0.1) is 11.7 Å². The Kier molecular flexibility index (Phi) is 8.32. The fourth-order valence-electron chi connectivity index (χ4n) is 3.30. The Balaban J connectivity index is 1.66. The standard InChI is InChI=1S/C20H32FN3O2/c1-23(2)13-10-22-20(25)7-4-16-8-11-24(12-9-16)15-17-5-6-18(26-3)14-19(17)21/h5-6,14,16H,4,7-13,15H2,1-3H3,(H,22,25). The molecule has 0 unspecified atom stereocenters. The molecular weight excluding hydrogens is 333 g/mol. The van der Waals surface area contributed by atoms with E-state index in [-0.39, 0.29) is 11.7 Å². The summed E-state index contributed by atoms with van der Waals surface area (Å²) in [6, 6.07) is 5.05. The van der Waals surface area contributed by atoms with Gasteiger partial charge >= 0.3 is 0 Å². The van der Waals surface area contributed by atoms with E-state index in [4.69, 9.17) is 4.74 Å². The molecule has 0 aromatic heterocycles. The van der Waals surface area contributed by atoms with E-state index in [0.717, 1.165) is 38.9 Å². The number of hydrogen-bond donors (Lipinski definition) is 1. The molecule has 0 spiro atoms.